The molecule has 0 unspecified atom stereocenters. The van der Waals surface area contributed by atoms with Crippen molar-refractivity contribution >= 4 is 5.97 Å². The minimum atomic E-state index is -0.980. The Hall–Kier alpha value is -2.80. The quantitative estimate of drug-likeness (QED) is 0.890. The molecule has 0 fully saturated rings. The van der Waals surface area contributed by atoms with Crippen LogP contribution in [0.4, 0.5) is 0 Å². The highest BCUT2D eigenvalue weighted by atomic mass is 16.5. The number of carboxylic acid groups (broad SMARTS) is 1. The van der Waals surface area contributed by atoms with Gasteiger partial charge in [0.1, 0.15) is 17.9 Å². The molecule has 3 rings (SSSR count). The van der Waals surface area contributed by atoms with Gasteiger partial charge in [0.2, 0.25) is 0 Å². The first kappa shape index (κ1) is 17.0. The van der Waals surface area contributed by atoms with Crippen molar-refractivity contribution in [3.05, 3.63) is 47.2 Å². The molecule has 7 heteroatoms. The van der Waals surface area contributed by atoms with Crippen LogP contribution in [0.5, 0.6) is 17.4 Å². The van der Waals surface area contributed by atoms with Gasteiger partial charge in [-0.25, -0.2) is 9.78 Å². The van der Waals surface area contributed by atoms with Crippen LogP contribution in [0.1, 0.15) is 21.6 Å². The fourth-order valence-corrected chi connectivity index (χ4v) is 2.86. The van der Waals surface area contributed by atoms with Crippen molar-refractivity contribution in [2.24, 2.45) is 0 Å². The third-order valence-corrected chi connectivity index (χ3v) is 4.06. The molecule has 0 radical (unpaired) electrons. The van der Waals surface area contributed by atoms with Gasteiger partial charge in [-0.05, 0) is 18.2 Å². The first-order valence-electron chi connectivity index (χ1n) is 7.90. The number of hydrogen-bond acceptors (Lipinski definition) is 6. The molecular weight excluding hydrogens is 324 g/mol. The van der Waals surface area contributed by atoms with Gasteiger partial charge >= 0.3 is 5.97 Å². The van der Waals surface area contributed by atoms with Gasteiger partial charge in [-0.3, -0.25) is 4.90 Å². The fraction of sp³-hybridized carbons (Fsp3) is 0.333. The lowest BCUT2D eigenvalue weighted by Crippen LogP contribution is -2.25. The molecule has 2 aromatic rings. The average molecular weight is 344 g/mol. The number of fused-ring (bicyclic) bond motifs is 1. The molecule has 1 aromatic carbocycles. The smallest absolute Gasteiger partial charge is 0.339 e. The van der Waals surface area contributed by atoms with Crippen LogP contribution in [0.25, 0.3) is 0 Å². The van der Waals surface area contributed by atoms with Crippen molar-refractivity contribution in [2.45, 2.75) is 13.1 Å². The topological polar surface area (TPSA) is 81.1 Å². The third kappa shape index (κ3) is 3.66. The van der Waals surface area contributed by atoms with Crippen LogP contribution in [0.2, 0.25) is 0 Å². The van der Waals surface area contributed by atoms with Crippen molar-refractivity contribution in [1.82, 2.24) is 9.88 Å². The summed E-state index contributed by atoms with van der Waals surface area (Å²) >= 11 is 0. The number of methoxy groups -OCH3 is 2. The predicted molar refractivity (Wildman–Crippen MR) is 90.4 cm³/mol. The number of aromatic carboxylic acids is 1. The van der Waals surface area contributed by atoms with Crippen molar-refractivity contribution in [3.63, 3.8) is 0 Å². The molecule has 1 aliphatic heterocycles. The average Bonchev–Trinajstić information content (AvgIpc) is 2.82. The number of carboxylic acids is 1. The Morgan fingerprint density at radius 1 is 1.28 bits per heavy atom. The van der Waals surface area contributed by atoms with E-state index in [1.165, 1.54) is 0 Å². The summed E-state index contributed by atoms with van der Waals surface area (Å²) in [6.07, 6.45) is 0. The van der Waals surface area contributed by atoms with Crippen molar-refractivity contribution in [3.8, 4) is 17.4 Å². The molecule has 1 aromatic heterocycles. The largest absolute Gasteiger partial charge is 0.491 e. The Morgan fingerprint density at radius 3 is 2.84 bits per heavy atom. The normalized spacial score (nSPS) is 14.2. The third-order valence-electron chi connectivity index (χ3n) is 4.06. The minimum absolute atomic E-state index is 0.198. The maximum absolute atomic E-state index is 11.4. The number of pyridine rings is 1. The second kappa shape index (κ2) is 7.40. The molecule has 0 atom stereocenters. The first-order valence-corrected chi connectivity index (χ1v) is 7.90. The number of aromatic nitrogens is 1. The Labute approximate surface area is 145 Å². The van der Waals surface area contributed by atoms with Crippen molar-refractivity contribution in [1.29, 1.82) is 0 Å². The molecule has 1 N–H and O–H groups in total. The Morgan fingerprint density at radius 2 is 2.12 bits per heavy atom. The first-order chi connectivity index (χ1) is 12.1. The molecule has 0 spiro atoms. The highest BCUT2D eigenvalue weighted by Crippen LogP contribution is 2.29. The molecule has 0 saturated heterocycles. The number of nitrogens with zero attached hydrogens (tertiary/aromatic N) is 2. The summed E-state index contributed by atoms with van der Waals surface area (Å²) in [5, 5.41) is 9.31. The zero-order chi connectivity index (χ0) is 17.8. The number of ether oxygens (including phenoxy) is 3. The summed E-state index contributed by atoms with van der Waals surface area (Å²) in [6.45, 7) is 2.28. The lowest BCUT2D eigenvalue weighted by molar-refractivity contribution is 0.0692. The second-order valence-corrected chi connectivity index (χ2v) is 5.67. The molecule has 0 aliphatic carbocycles. The van der Waals surface area contributed by atoms with Crippen LogP contribution in [-0.2, 0) is 13.1 Å². The summed E-state index contributed by atoms with van der Waals surface area (Å²) in [6, 6.07) is 8.91. The number of para-hydroxylation sites is 1. The van der Waals surface area contributed by atoms with Crippen LogP contribution < -0.4 is 14.2 Å². The molecule has 7 nitrogen and oxygen atoms in total. The van der Waals surface area contributed by atoms with Crippen LogP contribution >= 0.6 is 0 Å². The van der Waals surface area contributed by atoms with Gasteiger partial charge < -0.3 is 19.3 Å². The van der Waals surface area contributed by atoms with E-state index in [-0.39, 0.29) is 5.56 Å². The monoisotopic (exact) mass is 344 g/mol. The van der Waals surface area contributed by atoms with Gasteiger partial charge in [0.15, 0.2) is 5.75 Å². The Kier molecular flexibility index (Phi) is 5.04. The standard InChI is InChI=1S/C18H20N2O5/c1-23-15-7-6-13(19-17(15)24-2)11-20-8-9-25-16-12(10-20)4-3-5-14(16)18(21)22/h3-7H,8-11H2,1-2H3,(H,21,22). The molecule has 132 valence electrons. The lowest BCUT2D eigenvalue weighted by Gasteiger charge is -2.19. The summed E-state index contributed by atoms with van der Waals surface area (Å²) in [7, 11) is 3.13. The Balaban J connectivity index is 1.81. The second-order valence-electron chi connectivity index (χ2n) is 5.67. The minimum Gasteiger partial charge on any atom is -0.491 e. The highest BCUT2D eigenvalue weighted by Gasteiger charge is 2.21. The SMILES string of the molecule is COc1ccc(CN2CCOc3c(cccc3C(=O)O)C2)nc1OC. The molecule has 1 aliphatic rings. The van der Waals surface area contributed by atoms with Gasteiger partial charge in [0, 0.05) is 25.2 Å². The van der Waals surface area contributed by atoms with Crippen LogP contribution in [-0.4, -0.2) is 48.3 Å². The van der Waals surface area contributed by atoms with E-state index >= 15 is 0 Å². The van der Waals surface area contributed by atoms with Crippen molar-refractivity contribution < 1.29 is 24.1 Å². The Bertz CT molecular complexity index is 778. The van der Waals surface area contributed by atoms with Gasteiger partial charge in [0.25, 0.3) is 5.88 Å². The van der Waals surface area contributed by atoms with E-state index in [4.69, 9.17) is 14.2 Å². The molecule has 25 heavy (non-hydrogen) atoms. The summed E-state index contributed by atoms with van der Waals surface area (Å²) in [5.41, 5.74) is 1.90. The number of hydrogen-bond donors (Lipinski definition) is 1. The maximum Gasteiger partial charge on any atom is 0.339 e. The summed E-state index contributed by atoms with van der Waals surface area (Å²) in [4.78, 5) is 18.0. The predicted octanol–water partition coefficient (Wildman–Crippen LogP) is 2.19. The van der Waals surface area contributed by atoms with Crippen LogP contribution in [0.15, 0.2) is 30.3 Å². The fourth-order valence-electron chi connectivity index (χ4n) is 2.86. The maximum atomic E-state index is 11.4. The molecule has 0 amide bonds. The van der Waals surface area contributed by atoms with E-state index in [0.29, 0.717) is 43.6 Å². The van der Waals surface area contributed by atoms with Gasteiger partial charge in [0.05, 0.1) is 19.9 Å². The van der Waals surface area contributed by atoms with E-state index in [2.05, 4.69) is 9.88 Å². The van der Waals surface area contributed by atoms with E-state index in [9.17, 15) is 9.90 Å². The summed E-state index contributed by atoms with van der Waals surface area (Å²) in [5.74, 6) is 0.506. The van der Waals surface area contributed by atoms with Gasteiger partial charge in [-0.1, -0.05) is 12.1 Å². The molecule has 0 saturated carbocycles. The van der Waals surface area contributed by atoms with Crippen molar-refractivity contribution in [2.75, 3.05) is 27.4 Å². The lowest BCUT2D eigenvalue weighted by atomic mass is 10.1. The number of carbonyl (C=O) groups is 1. The van der Waals surface area contributed by atoms with E-state index in [0.717, 1.165) is 11.3 Å². The highest BCUT2D eigenvalue weighted by molar-refractivity contribution is 5.91. The van der Waals surface area contributed by atoms with Crippen LogP contribution in [0, 0.1) is 0 Å². The van der Waals surface area contributed by atoms with E-state index in [1.54, 1.807) is 26.4 Å². The van der Waals surface area contributed by atoms with Gasteiger partial charge in [-0.2, -0.15) is 0 Å². The molecule has 0 bridgehead atoms. The summed E-state index contributed by atoms with van der Waals surface area (Å²) < 4.78 is 16.2. The van der Waals surface area contributed by atoms with E-state index in [1.807, 2.05) is 18.2 Å². The van der Waals surface area contributed by atoms with E-state index < -0.39 is 5.97 Å². The zero-order valence-corrected chi connectivity index (χ0v) is 14.2. The molecular formula is C18H20N2O5. The number of benzene rings is 1. The zero-order valence-electron chi connectivity index (χ0n) is 14.2. The van der Waals surface area contributed by atoms with Gasteiger partial charge in [-0.15, -0.1) is 0 Å². The molecule has 2 heterocycles. The number of rotatable bonds is 5. The van der Waals surface area contributed by atoms with Crippen LogP contribution in [0.3, 0.4) is 0 Å².